The fourth-order valence-corrected chi connectivity index (χ4v) is 4.45. The first-order chi connectivity index (χ1) is 16.9. The lowest BCUT2D eigenvalue weighted by Crippen LogP contribution is -2.54. The molecule has 1 atom stereocenters. The van der Waals surface area contributed by atoms with Gasteiger partial charge in [-0.1, -0.05) is 15.9 Å². The second-order valence-electron chi connectivity index (χ2n) is 9.23. The number of benzene rings is 2. The summed E-state index contributed by atoms with van der Waals surface area (Å²) in [5.41, 5.74) is 1.30. The fourth-order valence-electron chi connectivity index (χ4n) is 4.18. The third kappa shape index (κ3) is 7.15. The van der Waals surface area contributed by atoms with Crippen molar-refractivity contribution in [3.05, 3.63) is 64.1 Å². The first kappa shape index (κ1) is 25.4. The summed E-state index contributed by atoms with van der Waals surface area (Å²) in [7, 11) is 0. The van der Waals surface area contributed by atoms with Gasteiger partial charge in [0.15, 0.2) is 5.78 Å². The van der Waals surface area contributed by atoms with Crippen LogP contribution in [0.2, 0.25) is 0 Å². The zero-order valence-corrected chi connectivity index (χ0v) is 21.6. The van der Waals surface area contributed by atoms with Crippen LogP contribution in [-0.4, -0.2) is 72.8 Å². The molecule has 2 amide bonds. The van der Waals surface area contributed by atoms with E-state index in [1.165, 1.54) is 0 Å². The van der Waals surface area contributed by atoms with Crippen molar-refractivity contribution in [1.82, 2.24) is 15.1 Å². The van der Waals surface area contributed by atoms with E-state index in [4.69, 9.17) is 4.74 Å². The Hall–Kier alpha value is -2.71. The van der Waals surface area contributed by atoms with Crippen molar-refractivity contribution in [1.29, 1.82) is 0 Å². The molecule has 35 heavy (non-hydrogen) atoms. The van der Waals surface area contributed by atoms with Gasteiger partial charge < -0.3 is 15.0 Å². The molecule has 0 radical (unpaired) electrons. The van der Waals surface area contributed by atoms with Crippen LogP contribution in [0.4, 0.5) is 0 Å². The number of carbonyl (C=O) groups excluding carboxylic acids is 3. The number of ether oxygens (including phenoxy) is 1. The normalized spacial score (nSPS) is 17.0. The Labute approximate surface area is 214 Å². The van der Waals surface area contributed by atoms with Crippen molar-refractivity contribution >= 4 is 33.5 Å². The highest BCUT2D eigenvalue weighted by Crippen LogP contribution is 2.32. The Balaban J connectivity index is 1.12. The van der Waals surface area contributed by atoms with E-state index in [0.29, 0.717) is 25.3 Å². The van der Waals surface area contributed by atoms with E-state index >= 15 is 0 Å². The van der Waals surface area contributed by atoms with Gasteiger partial charge in [0.05, 0.1) is 6.61 Å². The van der Waals surface area contributed by atoms with Crippen molar-refractivity contribution in [3.8, 4) is 5.75 Å². The number of hydrogen-bond donors (Lipinski definition) is 1. The predicted octanol–water partition coefficient (Wildman–Crippen LogP) is 3.77. The molecule has 1 saturated heterocycles. The molecule has 1 heterocycles. The zero-order valence-electron chi connectivity index (χ0n) is 20.0. The highest BCUT2D eigenvalue weighted by Gasteiger charge is 2.30. The molecule has 1 aliphatic heterocycles. The van der Waals surface area contributed by atoms with Crippen molar-refractivity contribution in [2.75, 3.05) is 39.3 Å². The third-order valence-corrected chi connectivity index (χ3v) is 7.01. The maximum atomic E-state index is 12.8. The van der Waals surface area contributed by atoms with Crippen molar-refractivity contribution in [3.63, 3.8) is 0 Å². The average Bonchev–Trinajstić information content (AvgIpc) is 3.72. The lowest BCUT2D eigenvalue weighted by Gasteiger charge is -2.36. The van der Waals surface area contributed by atoms with Gasteiger partial charge in [-0.2, -0.15) is 0 Å². The first-order valence-corrected chi connectivity index (χ1v) is 13.0. The standard InChI is InChI=1S/C27H32BrN3O4/c1-19(29-26(33)22-5-9-23(28)10-6-22)27(34)31-16-14-30(15-17-31)13-2-18-35-24-11-7-21(8-12-24)25(32)20-3-4-20/h5-12,19-20H,2-4,13-18H2,1H3,(H,29,33)/t19-/m1/s1. The summed E-state index contributed by atoms with van der Waals surface area (Å²) in [5.74, 6) is 0.960. The summed E-state index contributed by atoms with van der Waals surface area (Å²) in [5, 5.41) is 2.81. The number of Topliss-reactive ketones (excluding diaryl/α,β-unsaturated/α-hetero) is 1. The van der Waals surface area contributed by atoms with E-state index in [1.54, 1.807) is 31.2 Å². The van der Waals surface area contributed by atoms with E-state index in [9.17, 15) is 14.4 Å². The van der Waals surface area contributed by atoms with E-state index in [0.717, 1.165) is 54.7 Å². The van der Waals surface area contributed by atoms with Gasteiger partial charge in [0.1, 0.15) is 11.8 Å². The molecule has 2 aromatic rings. The van der Waals surface area contributed by atoms with Gasteiger partial charge in [-0.15, -0.1) is 0 Å². The molecular weight excluding hydrogens is 510 g/mol. The second-order valence-corrected chi connectivity index (χ2v) is 10.1. The maximum absolute atomic E-state index is 12.8. The molecule has 8 heteroatoms. The lowest BCUT2D eigenvalue weighted by atomic mass is 10.1. The molecule has 1 aliphatic carbocycles. The summed E-state index contributed by atoms with van der Waals surface area (Å²) in [6, 6.07) is 13.9. The summed E-state index contributed by atoms with van der Waals surface area (Å²) in [4.78, 5) is 41.4. The minimum Gasteiger partial charge on any atom is -0.494 e. The van der Waals surface area contributed by atoms with Gasteiger partial charge in [-0.3, -0.25) is 19.3 Å². The van der Waals surface area contributed by atoms with Crippen LogP contribution in [0.1, 0.15) is 46.9 Å². The molecule has 0 aromatic heterocycles. The van der Waals surface area contributed by atoms with Crippen molar-refractivity contribution < 1.29 is 19.1 Å². The number of rotatable bonds is 10. The molecule has 2 aromatic carbocycles. The number of ketones is 1. The van der Waals surface area contributed by atoms with E-state index in [-0.39, 0.29) is 23.5 Å². The molecular formula is C27H32BrN3O4. The number of amides is 2. The lowest BCUT2D eigenvalue weighted by molar-refractivity contribution is -0.134. The highest BCUT2D eigenvalue weighted by atomic mass is 79.9. The smallest absolute Gasteiger partial charge is 0.251 e. The molecule has 1 saturated carbocycles. The van der Waals surface area contributed by atoms with E-state index < -0.39 is 6.04 Å². The van der Waals surface area contributed by atoms with Crippen LogP contribution in [0.3, 0.4) is 0 Å². The van der Waals surface area contributed by atoms with Crippen LogP contribution < -0.4 is 10.1 Å². The average molecular weight is 542 g/mol. The monoisotopic (exact) mass is 541 g/mol. The number of hydrogen-bond acceptors (Lipinski definition) is 5. The van der Waals surface area contributed by atoms with Gasteiger partial charge in [-0.05, 0) is 74.7 Å². The Bertz CT molecular complexity index is 1030. The van der Waals surface area contributed by atoms with Gasteiger partial charge in [0.25, 0.3) is 5.91 Å². The molecule has 0 spiro atoms. The van der Waals surface area contributed by atoms with E-state index in [2.05, 4.69) is 26.1 Å². The molecule has 0 bridgehead atoms. The second kappa shape index (κ2) is 11.8. The van der Waals surface area contributed by atoms with E-state index in [1.807, 2.05) is 29.2 Å². The largest absolute Gasteiger partial charge is 0.494 e. The Morgan fingerprint density at radius 2 is 1.60 bits per heavy atom. The van der Waals surface area contributed by atoms with Gasteiger partial charge in [-0.25, -0.2) is 0 Å². The van der Waals surface area contributed by atoms with Gasteiger partial charge >= 0.3 is 0 Å². The summed E-state index contributed by atoms with van der Waals surface area (Å²) < 4.78 is 6.73. The van der Waals surface area contributed by atoms with Crippen LogP contribution in [0.15, 0.2) is 53.0 Å². The summed E-state index contributed by atoms with van der Waals surface area (Å²) in [6.45, 7) is 6.14. The minimum absolute atomic E-state index is 0.0536. The van der Waals surface area contributed by atoms with Gasteiger partial charge in [0.2, 0.25) is 5.91 Å². The predicted molar refractivity (Wildman–Crippen MR) is 138 cm³/mol. The first-order valence-electron chi connectivity index (χ1n) is 12.3. The fraction of sp³-hybridized carbons (Fsp3) is 0.444. The molecule has 186 valence electrons. The SMILES string of the molecule is C[C@@H](NC(=O)c1ccc(Br)cc1)C(=O)N1CCN(CCCOc2ccc(C(=O)C3CC3)cc2)CC1. The molecule has 1 N–H and O–H groups in total. The number of nitrogens with one attached hydrogen (secondary N) is 1. The van der Waals surface area contributed by atoms with Crippen molar-refractivity contribution in [2.45, 2.75) is 32.2 Å². The zero-order chi connectivity index (χ0) is 24.8. The third-order valence-electron chi connectivity index (χ3n) is 6.48. The molecule has 7 nitrogen and oxygen atoms in total. The minimum atomic E-state index is -0.572. The molecule has 2 aliphatic rings. The number of carbonyl (C=O) groups is 3. The van der Waals surface area contributed by atoms with Gasteiger partial charge in [0, 0.05) is 54.2 Å². The van der Waals surface area contributed by atoms with Crippen molar-refractivity contribution in [2.24, 2.45) is 5.92 Å². The Morgan fingerprint density at radius 3 is 2.23 bits per heavy atom. The number of halogens is 1. The molecule has 2 fully saturated rings. The topological polar surface area (TPSA) is 79.0 Å². The van der Waals surface area contributed by atoms with Crippen LogP contribution >= 0.6 is 15.9 Å². The van der Waals surface area contributed by atoms with Crippen LogP contribution in [0, 0.1) is 5.92 Å². The summed E-state index contributed by atoms with van der Waals surface area (Å²) in [6.07, 6.45) is 2.92. The van der Waals surface area contributed by atoms with Crippen LogP contribution in [0.5, 0.6) is 5.75 Å². The summed E-state index contributed by atoms with van der Waals surface area (Å²) >= 11 is 3.35. The van der Waals surface area contributed by atoms with Crippen LogP contribution in [0.25, 0.3) is 0 Å². The quantitative estimate of drug-likeness (QED) is 0.366. The molecule has 4 rings (SSSR count). The number of nitrogens with zero attached hydrogens (tertiary/aromatic N) is 2. The maximum Gasteiger partial charge on any atom is 0.251 e. The highest BCUT2D eigenvalue weighted by molar-refractivity contribution is 9.10. The number of piperazine rings is 1. The Kier molecular flexibility index (Phi) is 8.57. The van der Waals surface area contributed by atoms with Crippen LogP contribution in [-0.2, 0) is 4.79 Å². The molecule has 0 unspecified atom stereocenters. The Morgan fingerprint density at radius 1 is 0.971 bits per heavy atom.